The van der Waals surface area contributed by atoms with E-state index in [-0.39, 0.29) is 17.9 Å². The maximum absolute atomic E-state index is 12.1. The lowest BCUT2D eigenvalue weighted by Gasteiger charge is -2.40. The Labute approximate surface area is 135 Å². The van der Waals surface area contributed by atoms with E-state index in [1.165, 1.54) is 16.7 Å². The summed E-state index contributed by atoms with van der Waals surface area (Å²) in [5.41, 5.74) is 0. The number of alkyl halides is 4. The number of carbonyl (C=O) groups is 2. The van der Waals surface area contributed by atoms with Crippen LogP contribution in [0.4, 0.5) is 0 Å². The average Bonchev–Trinajstić information content (AvgIpc) is 2.53. The number of esters is 1. The third kappa shape index (κ3) is 2.91. The molecule has 2 fully saturated rings. The first kappa shape index (κ1) is 15.8. The van der Waals surface area contributed by atoms with Crippen LogP contribution in [0.25, 0.3) is 0 Å². The third-order valence-corrected chi connectivity index (χ3v) is 5.45. The van der Waals surface area contributed by atoms with Gasteiger partial charge in [0.1, 0.15) is 23.4 Å². The molecule has 2 aliphatic rings. The highest BCUT2D eigenvalue weighted by Crippen LogP contribution is 2.52. The zero-order chi connectivity index (χ0) is 14.6. The van der Waals surface area contributed by atoms with Crippen molar-refractivity contribution in [3.05, 3.63) is 0 Å². The van der Waals surface area contributed by atoms with Gasteiger partial charge >= 0.3 is 5.97 Å². The summed E-state index contributed by atoms with van der Waals surface area (Å²) in [6.45, 7) is 3.35. The van der Waals surface area contributed by atoms with E-state index in [4.69, 9.17) is 51.1 Å². The van der Waals surface area contributed by atoms with Crippen LogP contribution in [0.15, 0.2) is 0 Å². The number of rotatable bonds is 2. The maximum atomic E-state index is 12.1. The number of thioether (sulfide) groups is 1. The summed E-state index contributed by atoms with van der Waals surface area (Å²) in [4.78, 5) is 25.3. The minimum atomic E-state index is -1.67. The number of carbonyl (C=O) groups excluding carboxylic acids is 2. The van der Waals surface area contributed by atoms with Crippen LogP contribution in [0.3, 0.4) is 0 Å². The highest BCUT2D eigenvalue weighted by atomic mass is 35.6. The number of halogens is 4. The minimum Gasteiger partial charge on any atom is -0.460 e. The fraction of sp³-hybridized carbons (Fsp3) is 0.800. The summed E-state index contributed by atoms with van der Waals surface area (Å²) >= 11 is 24.0. The number of hydrogen-bond donors (Lipinski definition) is 0. The van der Waals surface area contributed by atoms with Crippen molar-refractivity contribution in [3.63, 3.8) is 0 Å². The van der Waals surface area contributed by atoms with Gasteiger partial charge in [0.15, 0.2) is 0 Å². The Morgan fingerprint density at radius 3 is 2.58 bits per heavy atom. The van der Waals surface area contributed by atoms with Crippen LogP contribution in [0.2, 0.25) is 0 Å². The molecule has 19 heavy (non-hydrogen) atoms. The van der Waals surface area contributed by atoms with Crippen LogP contribution in [0.1, 0.15) is 13.8 Å². The maximum Gasteiger partial charge on any atom is 0.330 e. The van der Waals surface area contributed by atoms with Crippen molar-refractivity contribution >= 4 is 70.0 Å². The normalized spacial score (nSPS) is 32.8. The van der Waals surface area contributed by atoms with Crippen LogP contribution in [0.5, 0.6) is 0 Å². The molecule has 0 bridgehead atoms. The van der Waals surface area contributed by atoms with Gasteiger partial charge in [0.2, 0.25) is 9.70 Å². The molecule has 108 valence electrons. The Morgan fingerprint density at radius 2 is 2.05 bits per heavy atom. The average molecular weight is 367 g/mol. The molecule has 2 heterocycles. The van der Waals surface area contributed by atoms with E-state index in [2.05, 4.69) is 0 Å². The summed E-state index contributed by atoms with van der Waals surface area (Å²) in [7, 11) is 0. The molecule has 0 saturated carbocycles. The number of amides is 1. The molecule has 0 aromatic heterocycles. The van der Waals surface area contributed by atoms with Gasteiger partial charge in [0.25, 0.3) is 0 Å². The highest BCUT2D eigenvalue weighted by Gasteiger charge is 2.63. The molecular weight excluding hydrogens is 356 g/mol. The van der Waals surface area contributed by atoms with Gasteiger partial charge in [-0.3, -0.25) is 4.79 Å². The largest absolute Gasteiger partial charge is 0.460 e. The summed E-state index contributed by atoms with van der Waals surface area (Å²) < 4.78 is 2.82. The lowest BCUT2D eigenvalue weighted by molar-refractivity contribution is -0.160. The molecule has 0 aromatic rings. The molecule has 0 aliphatic carbocycles. The summed E-state index contributed by atoms with van der Waals surface area (Å²) in [5, 5.41) is -0.787. The zero-order valence-electron chi connectivity index (χ0n) is 10.0. The molecule has 2 aliphatic heterocycles. The van der Waals surface area contributed by atoms with E-state index >= 15 is 0 Å². The SMILES string of the molecule is CC1(C)S[C@@H]2[C@@H](Cl)C(=O)N2[C@H]1C(=O)OCC(Cl)(Cl)Cl. The first-order valence-electron chi connectivity index (χ1n) is 5.42. The van der Waals surface area contributed by atoms with Crippen LogP contribution in [-0.4, -0.2) is 48.7 Å². The topological polar surface area (TPSA) is 46.6 Å². The molecule has 2 rings (SSSR count). The summed E-state index contributed by atoms with van der Waals surface area (Å²) in [6.07, 6.45) is 0. The van der Waals surface area contributed by atoms with Crippen LogP contribution in [-0.2, 0) is 14.3 Å². The standard InChI is InChI=1S/C10H11Cl4NO3S/c1-9(2)5(8(17)18-3-10(12,13)14)15-6(16)4(11)7(15)19-9/h4-5,7H,3H2,1-2H3/t4-,5-,7+/m0/s1. The van der Waals surface area contributed by atoms with Crippen LogP contribution < -0.4 is 0 Å². The Kier molecular flexibility index (Phi) is 4.18. The van der Waals surface area contributed by atoms with Gasteiger partial charge in [-0.2, -0.15) is 0 Å². The summed E-state index contributed by atoms with van der Waals surface area (Å²) in [5.74, 6) is -0.844. The highest BCUT2D eigenvalue weighted by molar-refractivity contribution is 8.01. The zero-order valence-corrected chi connectivity index (χ0v) is 13.9. The van der Waals surface area contributed by atoms with Crippen molar-refractivity contribution in [3.8, 4) is 0 Å². The molecule has 0 unspecified atom stereocenters. The van der Waals surface area contributed by atoms with E-state index in [9.17, 15) is 9.59 Å². The molecule has 4 nitrogen and oxygen atoms in total. The van der Waals surface area contributed by atoms with Gasteiger partial charge in [0, 0.05) is 4.75 Å². The van der Waals surface area contributed by atoms with Crippen molar-refractivity contribution in [2.24, 2.45) is 0 Å². The molecule has 9 heteroatoms. The Hall–Kier alpha value is 0.450. The van der Waals surface area contributed by atoms with Gasteiger partial charge < -0.3 is 9.64 Å². The molecule has 0 radical (unpaired) electrons. The lowest BCUT2D eigenvalue weighted by Crippen LogP contribution is -2.63. The fourth-order valence-electron chi connectivity index (χ4n) is 2.18. The Balaban J connectivity index is 2.10. The summed E-state index contributed by atoms with van der Waals surface area (Å²) in [6, 6.07) is -0.711. The van der Waals surface area contributed by atoms with Gasteiger partial charge in [-0.05, 0) is 13.8 Å². The molecule has 0 N–H and O–H groups in total. The van der Waals surface area contributed by atoms with Crippen molar-refractivity contribution < 1.29 is 14.3 Å². The first-order valence-corrected chi connectivity index (χ1v) is 7.87. The smallest absolute Gasteiger partial charge is 0.330 e. The van der Waals surface area contributed by atoms with Crippen molar-refractivity contribution in [2.75, 3.05) is 6.61 Å². The van der Waals surface area contributed by atoms with E-state index in [1.807, 2.05) is 13.8 Å². The van der Waals surface area contributed by atoms with Crippen molar-refractivity contribution in [1.82, 2.24) is 4.90 Å². The predicted molar refractivity (Wildman–Crippen MR) is 77.0 cm³/mol. The monoisotopic (exact) mass is 365 g/mol. The molecule has 1 amide bonds. The van der Waals surface area contributed by atoms with E-state index in [0.717, 1.165) is 0 Å². The first-order chi connectivity index (χ1) is 8.54. The van der Waals surface area contributed by atoms with E-state index < -0.39 is 25.9 Å². The molecule has 0 spiro atoms. The molecule has 3 atom stereocenters. The fourth-order valence-corrected chi connectivity index (χ4v) is 4.27. The van der Waals surface area contributed by atoms with Crippen LogP contribution in [0, 0.1) is 0 Å². The van der Waals surface area contributed by atoms with Gasteiger partial charge in [0.05, 0.1) is 0 Å². The number of hydrogen-bond acceptors (Lipinski definition) is 4. The second kappa shape index (κ2) is 5.02. The van der Waals surface area contributed by atoms with Gasteiger partial charge in [-0.25, -0.2) is 4.79 Å². The lowest BCUT2D eigenvalue weighted by atomic mass is 9.98. The number of fused-ring (bicyclic) bond motifs is 1. The Bertz CT molecular complexity index is 425. The quantitative estimate of drug-likeness (QED) is 0.428. The van der Waals surface area contributed by atoms with Crippen molar-refractivity contribution in [2.45, 2.75) is 39.2 Å². The second-order valence-corrected chi connectivity index (χ2v) is 9.64. The molecular formula is C10H11Cl4NO3S. The number of β-lactam (4-membered cyclic amide) rings is 1. The van der Waals surface area contributed by atoms with Gasteiger partial charge in [-0.1, -0.05) is 34.8 Å². The minimum absolute atomic E-state index is 0.200. The Morgan fingerprint density at radius 1 is 1.47 bits per heavy atom. The van der Waals surface area contributed by atoms with Crippen molar-refractivity contribution in [1.29, 1.82) is 0 Å². The molecule has 0 aromatic carbocycles. The van der Waals surface area contributed by atoms with E-state index in [1.54, 1.807) is 0 Å². The van der Waals surface area contributed by atoms with E-state index in [0.29, 0.717) is 0 Å². The van der Waals surface area contributed by atoms with Gasteiger partial charge in [-0.15, -0.1) is 23.4 Å². The third-order valence-electron chi connectivity index (χ3n) is 2.98. The second-order valence-electron chi connectivity index (χ2n) is 4.88. The number of ether oxygens (including phenoxy) is 1. The predicted octanol–water partition coefficient (Wildman–Crippen LogP) is 2.57. The number of nitrogens with zero attached hydrogens (tertiary/aromatic N) is 1. The molecule has 2 saturated heterocycles. The van der Waals surface area contributed by atoms with Crippen LogP contribution >= 0.6 is 58.2 Å².